The normalized spacial score (nSPS) is 11.9. The zero-order valence-electron chi connectivity index (χ0n) is 7.27. The Morgan fingerprint density at radius 3 is 2.23 bits per heavy atom. The van der Waals surface area contributed by atoms with Gasteiger partial charge >= 0.3 is 12.0 Å². The third kappa shape index (κ3) is 4.04. The lowest BCUT2D eigenvalue weighted by molar-refractivity contribution is -0.140. The first-order chi connectivity index (χ1) is 5.99. The second kappa shape index (κ2) is 5.07. The molecule has 0 aliphatic rings. The Balaban J connectivity index is 4.18. The molecule has 0 aliphatic carbocycles. The summed E-state index contributed by atoms with van der Waals surface area (Å²) in [6.45, 7) is 3.26. The SMILES string of the molecule is CC(C)[C@@H](NC(=O)NN=O)C(=O)O. The summed E-state index contributed by atoms with van der Waals surface area (Å²) >= 11 is 0. The molecular weight excluding hydrogens is 178 g/mol. The van der Waals surface area contributed by atoms with Gasteiger partial charge in [-0.3, -0.25) is 0 Å². The number of carbonyl (C=O) groups excluding carboxylic acids is 1. The van der Waals surface area contributed by atoms with Gasteiger partial charge in [-0.05, 0) is 5.92 Å². The zero-order chi connectivity index (χ0) is 10.4. The van der Waals surface area contributed by atoms with Crippen molar-refractivity contribution in [2.24, 2.45) is 11.2 Å². The molecule has 0 aromatic rings. The summed E-state index contributed by atoms with van der Waals surface area (Å²) in [6, 6.07) is -1.95. The minimum atomic E-state index is -1.16. The molecule has 1 atom stereocenters. The number of rotatable bonds is 4. The van der Waals surface area contributed by atoms with E-state index in [9.17, 15) is 14.5 Å². The number of hydrogen-bond donors (Lipinski definition) is 3. The van der Waals surface area contributed by atoms with Crippen LogP contribution in [0.2, 0.25) is 0 Å². The Labute approximate surface area is 74.4 Å². The molecule has 0 rings (SSSR count). The highest BCUT2D eigenvalue weighted by Gasteiger charge is 2.23. The Morgan fingerprint density at radius 1 is 1.38 bits per heavy atom. The number of aliphatic carboxylic acids is 1. The molecule has 7 nitrogen and oxygen atoms in total. The molecule has 0 radical (unpaired) electrons. The Bertz CT molecular complexity index is 216. The van der Waals surface area contributed by atoms with Gasteiger partial charge in [-0.25, -0.2) is 9.59 Å². The summed E-state index contributed by atoms with van der Waals surface area (Å²) in [6.07, 6.45) is 0. The van der Waals surface area contributed by atoms with Crippen LogP contribution in [0, 0.1) is 10.8 Å². The lowest BCUT2D eigenvalue weighted by Crippen LogP contribution is -2.47. The number of carbonyl (C=O) groups is 2. The Kier molecular flexibility index (Phi) is 4.42. The van der Waals surface area contributed by atoms with Crippen molar-refractivity contribution in [3.63, 3.8) is 0 Å². The van der Waals surface area contributed by atoms with Gasteiger partial charge < -0.3 is 10.4 Å². The van der Waals surface area contributed by atoms with Crippen molar-refractivity contribution in [3.05, 3.63) is 4.91 Å². The van der Waals surface area contributed by atoms with Crippen LogP contribution in [0.1, 0.15) is 13.8 Å². The minimum Gasteiger partial charge on any atom is -0.480 e. The fraction of sp³-hybridized carbons (Fsp3) is 0.667. The van der Waals surface area contributed by atoms with E-state index in [1.54, 1.807) is 19.3 Å². The first kappa shape index (κ1) is 11.3. The van der Waals surface area contributed by atoms with Gasteiger partial charge in [0, 0.05) is 0 Å². The Morgan fingerprint density at radius 2 is 1.92 bits per heavy atom. The van der Waals surface area contributed by atoms with Crippen molar-refractivity contribution in [1.29, 1.82) is 0 Å². The van der Waals surface area contributed by atoms with Crippen molar-refractivity contribution in [2.45, 2.75) is 19.9 Å². The molecule has 0 saturated heterocycles. The average Bonchev–Trinajstić information content (AvgIpc) is 1.99. The van der Waals surface area contributed by atoms with Gasteiger partial charge in [-0.1, -0.05) is 13.8 Å². The molecule has 2 amide bonds. The van der Waals surface area contributed by atoms with Gasteiger partial charge in [0.2, 0.25) is 0 Å². The van der Waals surface area contributed by atoms with Gasteiger partial charge in [0.25, 0.3) is 0 Å². The number of nitrogens with one attached hydrogen (secondary N) is 2. The summed E-state index contributed by atoms with van der Waals surface area (Å²) in [5, 5.41) is 12.8. The van der Waals surface area contributed by atoms with Crippen LogP contribution in [0.3, 0.4) is 0 Å². The summed E-state index contributed by atoms with van der Waals surface area (Å²) in [5.74, 6) is -1.43. The second-order valence-electron chi connectivity index (χ2n) is 2.74. The van der Waals surface area contributed by atoms with E-state index in [1.165, 1.54) is 0 Å². The van der Waals surface area contributed by atoms with E-state index in [2.05, 4.69) is 10.6 Å². The molecule has 74 valence electrons. The first-order valence-corrected chi connectivity index (χ1v) is 3.60. The van der Waals surface area contributed by atoms with Gasteiger partial charge in [0.05, 0.1) is 5.29 Å². The summed E-state index contributed by atoms with van der Waals surface area (Å²) in [5.41, 5.74) is 1.54. The molecule has 0 aliphatic heterocycles. The van der Waals surface area contributed by atoms with Crippen LogP contribution in [0.4, 0.5) is 4.79 Å². The molecule has 0 saturated carbocycles. The summed E-state index contributed by atoms with van der Waals surface area (Å²) < 4.78 is 0. The van der Waals surface area contributed by atoms with Gasteiger partial charge in [0.1, 0.15) is 6.04 Å². The maximum Gasteiger partial charge on any atom is 0.338 e. The van der Waals surface area contributed by atoms with E-state index >= 15 is 0 Å². The molecule has 0 aromatic carbocycles. The number of carboxylic acids is 1. The monoisotopic (exact) mass is 189 g/mol. The molecule has 0 spiro atoms. The third-order valence-electron chi connectivity index (χ3n) is 1.37. The van der Waals surface area contributed by atoms with E-state index in [1.807, 2.05) is 0 Å². The predicted octanol–water partition coefficient (Wildman–Crippen LogP) is 0.0762. The standard InChI is InChI=1S/C6H11N3O4/c1-3(2)4(5(10)11)7-6(12)8-9-13/h3-4H,1-2H3,(H,10,11)(H2,7,8,12,13)/t4-/m1/s1. The fourth-order valence-electron chi connectivity index (χ4n) is 0.729. The number of nitroso groups, excluding NO2 is 1. The lowest BCUT2D eigenvalue weighted by Gasteiger charge is -2.16. The summed E-state index contributed by atoms with van der Waals surface area (Å²) in [7, 11) is 0. The molecule has 3 N–H and O–H groups in total. The van der Waals surface area contributed by atoms with E-state index < -0.39 is 18.0 Å². The van der Waals surface area contributed by atoms with Crippen LogP contribution >= 0.6 is 0 Å². The number of amides is 2. The van der Waals surface area contributed by atoms with Gasteiger partial charge in [0.15, 0.2) is 0 Å². The van der Waals surface area contributed by atoms with E-state index in [0.29, 0.717) is 0 Å². The van der Waals surface area contributed by atoms with Gasteiger partial charge in [-0.2, -0.15) is 5.43 Å². The smallest absolute Gasteiger partial charge is 0.338 e. The fourth-order valence-corrected chi connectivity index (χ4v) is 0.729. The number of carboxylic acid groups (broad SMARTS) is 1. The summed E-state index contributed by atoms with van der Waals surface area (Å²) in [4.78, 5) is 30.8. The highest BCUT2D eigenvalue weighted by molar-refractivity contribution is 5.82. The largest absolute Gasteiger partial charge is 0.480 e. The third-order valence-corrected chi connectivity index (χ3v) is 1.37. The van der Waals surface area contributed by atoms with E-state index in [0.717, 1.165) is 0 Å². The number of urea groups is 1. The lowest BCUT2D eigenvalue weighted by atomic mass is 10.1. The van der Waals surface area contributed by atoms with Crippen LogP contribution in [0.15, 0.2) is 5.29 Å². The zero-order valence-corrected chi connectivity index (χ0v) is 7.27. The highest BCUT2D eigenvalue weighted by atomic mass is 16.4. The van der Waals surface area contributed by atoms with Crippen LogP contribution in [0.25, 0.3) is 0 Å². The van der Waals surface area contributed by atoms with Crippen molar-refractivity contribution in [1.82, 2.24) is 10.7 Å². The van der Waals surface area contributed by atoms with E-state index in [4.69, 9.17) is 5.11 Å². The first-order valence-electron chi connectivity index (χ1n) is 3.60. The van der Waals surface area contributed by atoms with Crippen molar-refractivity contribution >= 4 is 12.0 Å². The average molecular weight is 189 g/mol. The molecule has 7 heteroatoms. The van der Waals surface area contributed by atoms with Crippen molar-refractivity contribution in [3.8, 4) is 0 Å². The topological polar surface area (TPSA) is 108 Å². The van der Waals surface area contributed by atoms with Crippen LogP contribution in [-0.2, 0) is 4.79 Å². The maximum absolute atomic E-state index is 10.7. The van der Waals surface area contributed by atoms with Crippen molar-refractivity contribution < 1.29 is 14.7 Å². The van der Waals surface area contributed by atoms with E-state index in [-0.39, 0.29) is 5.92 Å². The van der Waals surface area contributed by atoms with Crippen LogP contribution < -0.4 is 10.7 Å². The second-order valence-corrected chi connectivity index (χ2v) is 2.74. The van der Waals surface area contributed by atoms with Crippen LogP contribution in [0.5, 0.6) is 0 Å². The molecule has 0 aromatic heterocycles. The predicted molar refractivity (Wildman–Crippen MR) is 43.7 cm³/mol. The molecule has 13 heavy (non-hydrogen) atoms. The molecule has 0 heterocycles. The maximum atomic E-state index is 10.7. The number of hydrogen-bond acceptors (Lipinski definition) is 4. The minimum absolute atomic E-state index is 0.269. The Hall–Kier alpha value is -1.66. The van der Waals surface area contributed by atoms with Crippen molar-refractivity contribution in [2.75, 3.05) is 0 Å². The quantitative estimate of drug-likeness (QED) is 0.429. The van der Waals surface area contributed by atoms with Gasteiger partial charge in [-0.15, -0.1) is 4.91 Å². The van der Waals surface area contributed by atoms with Crippen LogP contribution in [-0.4, -0.2) is 23.1 Å². The molecular formula is C6H11N3O4. The highest BCUT2D eigenvalue weighted by Crippen LogP contribution is 2.00. The molecule has 0 unspecified atom stereocenters. The number of nitrogens with zero attached hydrogens (tertiary/aromatic N) is 1. The molecule has 0 bridgehead atoms. The molecule has 0 fully saturated rings.